The lowest BCUT2D eigenvalue weighted by Crippen LogP contribution is -2.40. The van der Waals surface area contributed by atoms with Crippen molar-refractivity contribution in [2.75, 3.05) is 11.9 Å². The van der Waals surface area contributed by atoms with Crippen molar-refractivity contribution in [3.05, 3.63) is 48.0 Å². The molecule has 7 heteroatoms. The van der Waals surface area contributed by atoms with E-state index in [-0.39, 0.29) is 23.6 Å². The Hall–Kier alpha value is -3.22. The molecule has 0 fully saturated rings. The molecule has 1 aliphatic rings. The molecule has 2 aromatic carbocycles. The summed E-state index contributed by atoms with van der Waals surface area (Å²) in [6.07, 6.45) is -0.872. The maximum Gasteiger partial charge on any atom is 0.335 e. The van der Waals surface area contributed by atoms with Crippen LogP contribution in [-0.2, 0) is 4.79 Å². The van der Waals surface area contributed by atoms with Gasteiger partial charge in [-0.2, -0.15) is 0 Å². The number of hydrogen-bond donors (Lipinski definition) is 3. The maximum atomic E-state index is 12.2. The Labute approximate surface area is 131 Å². The largest absolute Gasteiger partial charge is 0.506 e. The lowest BCUT2D eigenvalue weighted by atomic mass is 10.2. The molecule has 0 spiro atoms. The number of aromatic carboxylic acids is 1. The first-order valence-corrected chi connectivity index (χ1v) is 6.80. The summed E-state index contributed by atoms with van der Waals surface area (Å²) in [6, 6.07) is 10.6. The molecule has 1 heterocycles. The van der Waals surface area contributed by atoms with E-state index in [2.05, 4.69) is 5.32 Å². The number of carbonyl (C=O) groups is 2. The zero-order chi connectivity index (χ0) is 16.4. The van der Waals surface area contributed by atoms with Crippen LogP contribution in [0.15, 0.2) is 42.5 Å². The first-order valence-electron chi connectivity index (χ1n) is 6.80. The molecular weight excluding hydrogens is 302 g/mol. The lowest BCUT2D eigenvalue weighted by molar-refractivity contribution is -0.125. The highest BCUT2D eigenvalue weighted by molar-refractivity contribution is 5.97. The summed E-state index contributed by atoms with van der Waals surface area (Å²) in [4.78, 5) is 23.0. The second kappa shape index (κ2) is 5.88. The second-order valence-electron chi connectivity index (χ2n) is 4.89. The van der Waals surface area contributed by atoms with Gasteiger partial charge < -0.3 is 25.0 Å². The molecule has 0 bridgehead atoms. The number of fused-ring (bicyclic) bond motifs is 1. The van der Waals surface area contributed by atoms with Gasteiger partial charge in [-0.1, -0.05) is 12.1 Å². The number of carboxylic acids is 1. The number of ether oxygens (including phenoxy) is 2. The molecule has 23 heavy (non-hydrogen) atoms. The van der Waals surface area contributed by atoms with Gasteiger partial charge in [-0.05, 0) is 30.3 Å². The van der Waals surface area contributed by atoms with Gasteiger partial charge in [0.1, 0.15) is 12.4 Å². The van der Waals surface area contributed by atoms with Crippen molar-refractivity contribution >= 4 is 17.6 Å². The molecule has 118 valence electrons. The number of carbonyl (C=O) groups excluding carboxylic acids is 1. The zero-order valence-electron chi connectivity index (χ0n) is 11.9. The standard InChI is InChI=1S/C16H13NO6/c18-11-7-9(16(20)21)5-6-10(11)17-15(19)14-8-22-12-3-1-2-4-13(12)23-14/h1-7,14,18H,8H2,(H,17,19)(H,20,21). The monoisotopic (exact) mass is 315 g/mol. The van der Waals surface area contributed by atoms with Crippen LogP contribution < -0.4 is 14.8 Å². The highest BCUT2D eigenvalue weighted by Gasteiger charge is 2.27. The van der Waals surface area contributed by atoms with E-state index in [1.54, 1.807) is 24.3 Å². The van der Waals surface area contributed by atoms with Crippen LogP contribution in [0, 0.1) is 0 Å². The molecule has 1 unspecified atom stereocenters. The minimum Gasteiger partial charge on any atom is -0.506 e. The minimum absolute atomic E-state index is 0.0385. The number of rotatable bonds is 3. The van der Waals surface area contributed by atoms with E-state index in [1.165, 1.54) is 12.1 Å². The summed E-state index contributed by atoms with van der Waals surface area (Å²) in [5.74, 6) is -0.985. The number of carboxylic acid groups (broad SMARTS) is 1. The number of phenols is 1. The SMILES string of the molecule is O=C(O)c1ccc(NC(=O)C2COc3ccccc3O2)c(O)c1. The van der Waals surface area contributed by atoms with E-state index in [0.29, 0.717) is 11.5 Å². The van der Waals surface area contributed by atoms with E-state index in [1.807, 2.05) is 0 Å². The van der Waals surface area contributed by atoms with Crippen LogP contribution in [-0.4, -0.2) is 34.8 Å². The number of hydrogen-bond acceptors (Lipinski definition) is 5. The Balaban J connectivity index is 1.72. The highest BCUT2D eigenvalue weighted by atomic mass is 16.6. The van der Waals surface area contributed by atoms with Gasteiger partial charge >= 0.3 is 5.97 Å². The third-order valence-corrected chi connectivity index (χ3v) is 3.30. The lowest BCUT2D eigenvalue weighted by Gasteiger charge is -2.25. The number of para-hydroxylation sites is 2. The van der Waals surface area contributed by atoms with Gasteiger partial charge in [-0.3, -0.25) is 4.79 Å². The van der Waals surface area contributed by atoms with Crippen LogP contribution in [0.1, 0.15) is 10.4 Å². The Kier molecular flexibility index (Phi) is 3.76. The van der Waals surface area contributed by atoms with Gasteiger partial charge in [0, 0.05) is 0 Å². The molecule has 0 aliphatic carbocycles. The van der Waals surface area contributed by atoms with Crippen LogP contribution in [0.25, 0.3) is 0 Å². The number of amides is 1. The van der Waals surface area contributed by atoms with Gasteiger partial charge in [-0.25, -0.2) is 4.79 Å². The molecular formula is C16H13NO6. The maximum absolute atomic E-state index is 12.2. The summed E-state index contributed by atoms with van der Waals surface area (Å²) in [7, 11) is 0. The van der Waals surface area contributed by atoms with E-state index < -0.39 is 18.0 Å². The van der Waals surface area contributed by atoms with Crippen molar-refractivity contribution < 1.29 is 29.3 Å². The Morgan fingerprint density at radius 2 is 1.87 bits per heavy atom. The number of aromatic hydroxyl groups is 1. The minimum atomic E-state index is -1.17. The van der Waals surface area contributed by atoms with E-state index >= 15 is 0 Å². The number of nitrogens with one attached hydrogen (secondary N) is 1. The normalized spacial score (nSPS) is 15.7. The third kappa shape index (κ3) is 3.03. The van der Waals surface area contributed by atoms with Crippen LogP contribution in [0.5, 0.6) is 17.2 Å². The smallest absolute Gasteiger partial charge is 0.335 e. The van der Waals surface area contributed by atoms with Crippen molar-refractivity contribution in [2.24, 2.45) is 0 Å². The molecule has 0 saturated carbocycles. The third-order valence-electron chi connectivity index (χ3n) is 3.30. The molecule has 3 N–H and O–H groups in total. The quantitative estimate of drug-likeness (QED) is 0.747. The fourth-order valence-corrected chi connectivity index (χ4v) is 2.13. The molecule has 1 aliphatic heterocycles. The van der Waals surface area contributed by atoms with Crippen LogP contribution >= 0.6 is 0 Å². The van der Waals surface area contributed by atoms with Gasteiger partial charge in [-0.15, -0.1) is 0 Å². The molecule has 2 aromatic rings. The van der Waals surface area contributed by atoms with Crippen molar-refractivity contribution in [1.82, 2.24) is 0 Å². The summed E-state index contributed by atoms with van der Waals surface area (Å²) in [5, 5.41) is 21.1. The van der Waals surface area contributed by atoms with Crippen LogP contribution in [0.3, 0.4) is 0 Å². The zero-order valence-corrected chi connectivity index (χ0v) is 11.9. The van der Waals surface area contributed by atoms with E-state index in [9.17, 15) is 14.7 Å². The predicted molar refractivity (Wildman–Crippen MR) is 80.0 cm³/mol. The topological polar surface area (TPSA) is 105 Å². The number of benzene rings is 2. The second-order valence-corrected chi connectivity index (χ2v) is 4.89. The fraction of sp³-hybridized carbons (Fsp3) is 0.125. The van der Waals surface area contributed by atoms with Crippen molar-refractivity contribution in [1.29, 1.82) is 0 Å². The first-order chi connectivity index (χ1) is 11.0. The average Bonchev–Trinajstić information content (AvgIpc) is 2.56. The molecule has 1 amide bonds. The highest BCUT2D eigenvalue weighted by Crippen LogP contribution is 2.31. The Morgan fingerprint density at radius 3 is 2.57 bits per heavy atom. The molecule has 7 nitrogen and oxygen atoms in total. The molecule has 0 radical (unpaired) electrons. The predicted octanol–water partition coefficient (Wildman–Crippen LogP) is 1.87. The Morgan fingerprint density at radius 1 is 1.13 bits per heavy atom. The fourth-order valence-electron chi connectivity index (χ4n) is 2.13. The van der Waals surface area contributed by atoms with Crippen LogP contribution in [0.2, 0.25) is 0 Å². The molecule has 0 aromatic heterocycles. The van der Waals surface area contributed by atoms with E-state index in [4.69, 9.17) is 14.6 Å². The van der Waals surface area contributed by atoms with Gasteiger partial charge in [0.2, 0.25) is 6.10 Å². The molecule has 1 atom stereocenters. The summed E-state index contributed by atoms with van der Waals surface area (Å²) < 4.78 is 11.0. The molecule has 0 saturated heterocycles. The van der Waals surface area contributed by atoms with Gasteiger partial charge in [0.15, 0.2) is 11.5 Å². The van der Waals surface area contributed by atoms with Crippen LogP contribution in [0.4, 0.5) is 5.69 Å². The molecule has 3 rings (SSSR count). The number of phenolic OH excluding ortho intramolecular Hbond substituents is 1. The average molecular weight is 315 g/mol. The van der Waals surface area contributed by atoms with E-state index in [0.717, 1.165) is 6.07 Å². The number of anilines is 1. The van der Waals surface area contributed by atoms with Crippen molar-refractivity contribution in [2.45, 2.75) is 6.10 Å². The Bertz CT molecular complexity index is 773. The summed E-state index contributed by atoms with van der Waals surface area (Å²) in [6.45, 7) is 0.0385. The first kappa shape index (κ1) is 14.7. The van der Waals surface area contributed by atoms with Gasteiger partial charge in [0.25, 0.3) is 5.91 Å². The van der Waals surface area contributed by atoms with Crippen molar-refractivity contribution in [3.63, 3.8) is 0 Å². The van der Waals surface area contributed by atoms with Crippen molar-refractivity contribution in [3.8, 4) is 17.2 Å². The van der Waals surface area contributed by atoms with Gasteiger partial charge in [0.05, 0.1) is 11.3 Å². The summed E-state index contributed by atoms with van der Waals surface area (Å²) in [5.41, 5.74) is 0.0223. The summed E-state index contributed by atoms with van der Waals surface area (Å²) >= 11 is 0.